The van der Waals surface area contributed by atoms with Crippen molar-refractivity contribution in [2.75, 3.05) is 37.7 Å². The van der Waals surface area contributed by atoms with E-state index in [9.17, 15) is 4.79 Å². The maximum absolute atomic E-state index is 12.2. The number of nitrogens with zero attached hydrogens (tertiary/aromatic N) is 3. The van der Waals surface area contributed by atoms with Crippen molar-refractivity contribution in [1.82, 2.24) is 15.5 Å². The Balaban J connectivity index is 1.34. The fraction of sp³-hybridized carbons (Fsp3) is 0.640. The Labute approximate surface area is 201 Å². The molecule has 1 saturated heterocycles. The molecule has 0 saturated carbocycles. The zero-order valence-electron chi connectivity index (χ0n) is 20.6. The van der Waals surface area contributed by atoms with E-state index in [0.717, 1.165) is 50.1 Å². The van der Waals surface area contributed by atoms with Crippen molar-refractivity contribution < 1.29 is 23.9 Å². The molecular weight excluding hydrogens is 436 g/mol. The van der Waals surface area contributed by atoms with Crippen LogP contribution >= 0.6 is 0 Å². The SMILES string of the molecule is Cc1cc(OCCCC2CCN(c3noc(COC(C)C)n3)CC2)ccc1C(=O)NCCCO. The Morgan fingerprint density at radius 2 is 2.09 bits per heavy atom. The third-order valence-corrected chi connectivity index (χ3v) is 5.98. The number of carbonyl (C=O) groups excluding carboxylic acids is 1. The first kappa shape index (κ1) is 26.0. The van der Waals surface area contributed by atoms with E-state index in [4.69, 9.17) is 19.1 Å². The van der Waals surface area contributed by atoms with Crippen LogP contribution in [0.2, 0.25) is 0 Å². The second kappa shape index (κ2) is 13.3. The number of amides is 1. The molecule has 1 aromatic heterocycles. The number of rotatable bonds is 13. The molecule has 1 aromatic carbocycles. The highest BCUT2D eigenvalue weighted by atomic mass is 16.5. The number of aromatic nitrogens is 2. The summed E-state index contributed by atoms with van der Waals surface area (Å²) in [5.41, 5.74) is 1.52. The van der Waals surface area contributed by atoms with E-state index in [0.29, 0.717) is 49.5 Å². The molecule has 2 N–H and O–H groups in total. The van der Waals surface area contributed by atoms with Crippen LogP contribution in [0.3, 0.4) is 0 Å². The summed E-state index contributed by atoms with van der Waals surface area (Å²) >= 11 is 0. The van der Waals surface area contributed by atoms with E-state index < -0.39 is 0 Å². The van der Waals surface area contributed by atoms with Crippen LogP contribution in [-0.2, 0) is 11.3 Å². The van der Waals surface area contributed by atoms with Crippen molar-refractivity contribution in [2.45, 2.75) is 65.6 Å². The van der Waals surface area contributed by atoms with Gasteiger partial charge in [0, 0.05) is 31.8 Å². The number of aliphatic hydroxyl groups is 1. The van der Waals surface area contributed by atoms with Crippen LogP contribution in [0.5, 0.6) is 5.75 Å². The minimum atomic E-state index is -0.121. The quantitative estimate of drug-likeness (QED) is 0.425. The molecule has 34 heavy (non-hydrogen) atoms. The van der Waals surface area contributed by atoms with Crippen LogP contribution < -0.4 is 15.0 Å². The molecule has 188 valence electrons. The molecular formula is C25H38N4O5. The number of hydrogen-bond donors (Lipinski definition) is 2. The molecule has 0 spiro atoms. The number of piperidine rings is 1. The average molecular weight is 475 g/mol. The molecule has 0 aliphatic carbocycles. The molecule has 0 unspecified atom stereocenters. The van der Waals surface area contributed by atoms with Crippen molar-refractivity contribution in [3.8, 4) is 5.75 Å². The maximum atomic E-state index is 12.2. The molecule has 2 heterocycles. The Kier molecular flexibility index (Phi) is 10.2. The normalized spacial score (nSPS) is 14.6. The molecule has 1 aliphatic heterocycles. The lowest BCUT2D eigenvalue weighted by molar-refractivity contribution is 0.0485. The monoisotopic (exact) mass is 474 g/mol. The van der Waals surface area contributed by atoms with Crippen molar-refractivity contribution >= 4 is 11.9 Å². The summed E-state index contributed by atoms with van der Waals surface area (Å²) in [6.07, 6.45) is 5.01. The summed E-state index contributed by atoms with van der Waals surface area (Å²) in [7, 11) is 0. The van der Waals surface area contributed by atoms with Crippen LogP contribution in [0.15, 0.2) is 22.7 Å². The molecule has 1 fully saturated rings. The number of ether oxygens (including phenoxy) is 2. The predicted molar refractivity (Wildman–Crippen MR) is 129 cm³/mol. The third kappa shape index (κ3) is 7.99. The first-order valence-electron chi connectivity index (χ1n) is 12.3. The predicted octanol–water partition coefficient (Wildman–Crippen LogP) is 3.49. The number of aliphatic hydroxyl groups excluding tert-OH is 1. The largest absolute Gasteiger partial charge is 0.494 e. The van der Waals surface area contributed by atoms with Gasteiger partial charge in [-0.2, -0.15) is 4.98 Å². The van der Waals surface area contributed by atoms with Gasteiger partial charge in [-0.25, -0.2) is 0 Å². The minimum absolute atomic E-state index is 0.0687. The molecule has 9 heteroatoms. The highest BCUT2D eigenvalue weighted by Crippen LogP contribution is 2.25. The van der Waals surface area contributed by atoms with Crippen LogP contribution in [-0.4, -0.2) is 60.1 Å². The van der Waals surface area contributed by atoms with Gasteiger partial charge in [0.1, 0.15) is 12.4 Å². The van der Waals surface area contributed by atoms with E-state index in [2.05, 4.69) is 20.4 Å². The lowest BCUT2D eigenvalue weighted by Gasteiger charge is -2.30. The molecule has 0 radical (unpaired) electrons. The van der Waals surface area contributed by atoms with Gasteiger partial charge in [0.25, 0.3) is 17.7 Å². The zero-order chi connectivity index (χ0) is 24.3. The average Bonchev–Trinajstić information content (AvgIpc) is 3.30. The van der Waals surface area contributed by atoms with Gasteiger partial charge in [-0.05, 0) is 87.7 Å². The van der Waals surface area contributed by atoms with Crippen LogP contribution in [0, 0.1) is 12.8 Å². The van der Waals surface area contributed by atoms with Gasteiger partial charge in [0.05, 0.1) is 12.7 Å². The molecule has 1 aliphatic rings. The van der Waals surface area contributed by atoms with E-state index in [1.165, 1.54) is 0 Å². The number of hydrogen-bond acceptors (Lipinski definition) is 8. The smallest absolute Gasteiger partial charge is 0.266 e. The molecule has 0 atom stereocenters. The van der Waals surface area contributed by atoms with E-state index >= 15 is 0 Å². The van der Waals surface area contributed by atoms with E-state index in [1.54, 1.807) is 6.07 Å². The second-order valence-corrected chi connectivity index (χ2v) is 9.08. The minimum Gasteiger partial charge on any atom is -0.494 e. The van der Waals surface area contributed by atoms with Gasteiger partial charge < -0.3 is 29.3 Å². The van der Waals surface area contributed by atoms with Crippen LogP contribution in [0.25, 0.3) is 0 Å². The van der Waals surface area contributed by atoms with Gasteiger partial charge in [0.15, 0.2) is 0 Å². The lowest BCUT2D eigenvalue weighted by Crippen LogP contribution is -2.34. The van der Waals surface area contributed by atoms with Crippen LogP contribution in [0.4, 0.5) is 5.95 Å². The topological polar surface area (TPSA) is 110 Å². The van der Waals surface area contributed by atoms with Crippen LogP contribution in [0.1, 0.15) is 67.8 Å². The highest BCUT2D eigenvalue weighted by Gasteiger charge is 2.22. The van der Waals surface area contributed by atoms with Gasteiger partial charge in [-0.15, -0.1) is 0 Å². The van der Waals surface area contributed by atoms with Gasteiger partial charge >= 0.3 is 0 Å². The van der Waals surface area contributed by atoms with Gasteiger partial charge in [-0.3, -0.25) is 4.79 Å². The Morgan fingerprint density at radius 3 is 2.79 bits per heavy atom. The maximum Gasteiger partial charge on any atom is 0.266 e. The summed E-state index contributed by atoms with van der Waals surface area (Å²) in [5, 5.41) is 15.7. The number of anilines is 1. The number of nitrogens with one attached hydrogen (secondary N) is 1. The molecule has 2 aromatic rings. The third-order valence-electron chi connectivity index (χ3n) is 5.98. The fourth-order valence-electron chi connectivity index (χ4n) is 4.01. The molecule has 0 bridgehead atoms. The Hall–Kier alpha value is -2.65. The summed E-state index contributed by atoms with van der Waals surface area (Å²) in [6, 6.07) is 5.55. The summed E-state index contributed by atoms with van der Waals surface area (Å²) in [5.74, 6) is 2.51. The second-order valence-electron chi connectivity index (χ2n) is 9.08. The van der Waals surface area contributed by atoms with Gasteiger partial charge in [-0.1, -0.05) is 0 Å². The van der Waals surface area contributed by atoms with Crippen molar-refractivity contribution in [3.63, 3.8) is 0 Å². The van der Waals surface area contributed by atoms with Crippen molar-refractivity contribution in [3.05, 3.63) is 35.2 Å². The Bertz CT molecular complexity index is 893. The standard InChI is InChI=1S/C25H38N4O5/c1-18(2)33-17-23-27-25(28-34-23)29-12-9-20(10-13-29)6-4-15-32-21-7-8-22(19(3)16-21)24(31)26-11-5-14-30/h7-8,16,18,20,30H,4-6,9-15,17H2,1-3H3,(H,26,31). The van der Waals surface area contributed by atoms with Crippen molar-refractivity contribution in [1.29, 1.82) is 0 Å². The summed E-state index contributed by atoms with van der Waals surface area (Å²) in [6.45, 7) is 9.27. The first-order valence-corrected chi connectivity index (χ1v) is 12.3. The van der Waals surface area contributed by atoms with E-state index in [1.807, 2.05) is 32.9 Å². The fourth-order valence-corrected chi connectivity index (χ4v) is 4.01. The first-order chi connectivity index (χ1) is 16.5. The number of carbonyl (C=O) groups is 1. The zero-order valence-corrected chi connectivity index (χ0v) is 20.6. The lowest BCUT2D eigenvalue weighted by atomic mass is 9.92. The Morgan fingerprint density at radius 1 is 1.29 bits per heavy atom. The van der Waals surface area contributed by atoms with Gasteiger partial charge in [0.2, 0.25) is 0 Å². The summed E-state index contributed by atoms with van der Waals surface area (Å²) < 4.78 is 16.7. The highest BCUT2D eigenvalue weighted by molar-refractivity contribution is 5.95. The molecule has 9 nitrogen and oxygen atoms in total. The summed E-state index contributed by atoms with van der Waals surface area (Å²) in [4.78, 5) is 18.8. The number of benzene rings is 1. The van der Waals surface area contributed by atoms with Crippen molar-refractivity contribution in [2.24, 2.45) is 5.92 Å². The number of aryl methyl sites for hydroxylation is 1. The van der Waals surface area contributed by atoms with E-state index in [-0.39, 0.29) is 18.6 Å². The molecule has 1 amide bonds. The molecule has 3 rings (SSSR count).